The van der Waals surface area contributed by atoms with Crippen LogP contribution in [0.3, 0.4) is 0 Å². The lowest BCUT2D eigenvalue weighted by Crippen LogP contribution is -2.40. The topological polar surface area (TPSA) is 47.6 Å². The largest absolute Gasteiger partial charge is 0.491 e. The van der Waals surface area contributed by atoms with E-state index in [0.29, 0.717) is 0 Å². The molecular formula is C14H21NO3. The highest BCUT2D eigenvalue weighted by Gasteiger charge is 2.18. The van der Waals surface area contributed by atoms with Crippen LogP contribution in [0, 0.1) is 20.8 Å². The number of carbonyl (C=O) groups is 1. The van der Waals surface area contributed by atoms with Crippen molar-refractivity contribution in [2.75, 3.05) is 20.8 Å². The highest BCUT2D eigenvalue weighted by molar-refractivity contribution is 5.75. The summed E-state index contributed by atoms with van der Waals surface area (Å²) in [5.41, 5.74) is 3.43. The number of aryl methyl sites for hydroxylation is 2. The standard InChI is InChI=1S/C14H21NO3/c1-9-6-10(2)11(3)13(7-9)18-8-12(15-4)14(16)17-5/h6-7,12,15H,8H2,1-5H3. The van der Waals surface area contributed by atoms with Gasteiger partial charge >= 0.3 is 5.97 Å². The van der Waals surface area contributed by atoms with Crippen molar-refractivity contribution in [1.29, 1.82) is 0 Å². The molecule has 0 aliphatic heterocycles. The molecule has 1 atom stereocenters. The Morgan fingerprint density at radius 1 is 1.33 bits per heavy atom. The summed E-state index contributed by atoms with van der Waals surface area (Å²) in [6, 6.07) is 3.64. The van der Waals surface area contributed by atoms with Crippen molar-refractivity contribution in [3.8, 4) is 5.75 Å². The minimum Gasteiger partial charge on any atom is -0.491 e. The van der Waals surface area contributed by atoms with E-state index in [1.54, 1.807) is 7.05 Å². The number of nitrogens with one attached hydrogen (secondary N) is 1. The molecule has 1 aromatic rings. The van der Waals surface area contributed by atoms with Crippen LogP contribution in [-0.4, -0.2) is 32.8 Å². The molecule has 18 heavy (non-hydrogen) atoms. The van der Waals surface area contributed by atoms with Gasteiger partial charge in [0.25, 0.3) is 0 Å². The number of esters is 1. The Hall–Kier alpha value is -1.55. The van der Waals surface area contributed by atoms with Gasteiger partial charge in [0.2, 0.25) is 0 Å². The maximum Gasteiger partial charge on any atom is 0.326 e. The Morgan fingerprint density at radius 3 is 2.56 bits per heavy atom. The summed E-state index contributed by atoms with van der Waals surface area (Å²) in [5.74, 6) is 0.496. The van der Waals surface area contributed by atoms with Gasteiger partial charge < -0.3 is 14.8 Å². The Bertz CT molecular complexity index is 429. The molecule has 4 heteroatoms. The summed E-state index contributed by atoms with van der Waals surface area (Å²) in [6.45, 7) is 6.34. The van der Waals surface area contributed by atoms with E-state index in [1.165, 1.54) is 12.7 Å². The molecule has 0 aliphatic carbocycles. The molecule has 4 nitrogen and oxygen atoms in total. The summed E-state index contributed by atoms with van der Waals surface area (Å²) < 4.78 is 10.4. The SMILES string of the molecule is CNC(COc1cc(C)cc(C)c1C)C(=O)OC. The second kappa shape index (κ2) is 6.40. The minimum absolute atomic E-state index is 0.257. The number of ether oxygens (including phenoxy) is 2. The summed E-state index contributed by atoms with van der Waals surface area (Å²) in [4.78, 5) is 11.4. The number of methoxy groups -OCH3 is 1. The van der Waals surface area contributed by atoms with E-state index in [2.05, 4.69) is 16.1 Å². The molecule has 0 spiro atoms. The van der Waals surface area contributed by atoms with Gasteiger partial charge in [0.1, 0.15) is 18.4 Å². The van der Waals surface area contributed by atoms with Gasteiger partial charge in [-0.05, 0) is 50.6 Å². The van der Waals surface area contributed by atoms with Crippen molar-refractivity contribution < 1.29 is 14.3 Å². The van der Waals surface area contributed by atoms with Gasteiger partial charge in [-0.25, -0.2) is 0 Å². The first kappa shape index (κ1) is 14.5. The fraction of sp³-hybridized carbons (Fsp3) is 0.500. The highest BCUT2D eigenvalue weighted by Crippen LogP contribution is 2.23. The molecule has 0 aromatic heterocycles. The molecule has 0 saturated heterocycles. The van der Waals surface area contributed by atoms with Crippen molar-refractivity contribution in [1.82, 2.24) is 5.32 Å². The van der Waals surface area contributed by atoms with Crippen LogP contribution in [0.15, 0.2) is 12.1 Å². The van der Waals surface area contributed by atoms with Crippen LogP contribution in [0.1, 0.15) is 16.7 Å². The highest BCUT2D eigenvalue weighted by atomic mass is 16.5. The number of rotatable bonds is 5. The summed E-state index contributed by atoms with van der Waals surface area (Å²) >= 11 is 0. The van der Waals surface area contributed by atoms with E-state index in [-0.39, 0.29) is 12.6 Å². The third-order valence-electron chi connectivity index (χ3n) is 3.00. The van der Waals surface area contributed by atoms with Gasteiger partial charge in [0.05, 0.1) is 7.11 Å². The number of likely N-dealkylation sites (N-methyl/N-ethyl adjacent to an activating group) is 1. The second-order valence-corrected chi connectivity index (χ2v) is 4.38. The third kappa shape index (κ3) is 3.47. The Balaban J connectivity index is 2.76. The minimum atomic E-state index is -0.449. The average molecular weight is 251 g/mol. The fourth-order valence-electron chi connectivity index (χ4n) is 1.74. The van der Waals surface area contributed by atoms with E-state index in [9.17, 15) is 4.79 Å². The van der Waals surface area contributed by atoms with Crippen LogP contribution in [0.25, 0.3) is 0 Å². The maximum atomic E-state index is 11.4. The van der Waals surface area contributed by atoms with Crippen molar-refractivity contribution in [3.05, 3.63) is 28.8 Å². The van der Waals surface area contributed by atoms with Crippen molar-refractivity contribution in [2.45, 2.75) is 26.8 Å². The first-order chi connectivity index (χ1) is 8.49. The summed E-state index contributed by atoms with van der Waals surface area (Å²) in [7, 11) is 3.08. The van der Waals surface area contributed by atoms with Gasteiger partial charge in [0.15, 0.2) is 0 Å². The summed E-state index contributed by atoms with van der Waals surface area (Å²) in [6.07, 6.45) is 0. The predicted molar refractivity (Wildman–Crippen MR) is 71.0 cm³/mol. The average Bonchev–Trinajstić information content (AvgIpc) is 2.35. The molecule has 0 amide bonds. The molecule has 0 fully saturated rings. The number of benzene rings is 1. The Kier molecular flexibility index (Phi) is 5.16. The van der Waals surface area contributed by atoms with Crippen molar-refractivity contribution >= 4 is 5.97 Å². The van der Waals surface area contributed by atoms with Crippen LogP contribution in [0.4, 0.5) is 0 Å². The maximum absolute atomic E-state index is 11.4. The van der Waals surface area contributed by atoms with E-state index in [4.69, 9.17) is 4.74 Å². The normalized spacial score (nSPS) is 12.1. The predicted octanol–water partition coefficient (Wildman–Crippen LogP) is 1.75. The van der Waals surface area contributed by atoms with Crippen LogP contribution in [-0.2, 0) is 9.53 Å². The van der Waals surface area contributed by atoms with Crippen LogP contribution < -0.4 is 10.1 Å². The van der Waals surface area contributed by atoms with Gasteiger partial charge in [-0.15, -0.1) is 0 Å². The van der Waals surface area contributed by atoms with Crippen molar-refractivity contribution in [3.63, 3.8) is 0 Å². The van der Waals surface area contributed by atoms with Gasteiger partial charge in [-0.1, -0.05) is 6.07 Å². The zero-order chi connectivity index (χ0) is 13.7. The molecule has 0 radical (unpaired) electrons. The Morgan fingerprint density at radius 2 is 2.00 bits per heavy atom. The van der Waals surface area contributed by atoms with Gasteiger partial charge in [-0.2, -0.15) is 0 Å². The second-order valence-electron chi connectivity index (χ2n) is 4.38. The lowest BCUT2D eigenvalue weighted by molar-refractivity contribution is -0.143. The van der Waals surface area contributed by atoms with Crippen molar-refractivity contribution in [2.24, 2.45) is 0 Å². The molecule has 100 valence electrons. The van der Waals surface area contributed by atoms with E-state index in [1.807, 2.05) is 26.8 Å². The zero-order valence-electron chi connectivity index (χ0n) is 11.7. The van der Waals surface area contributed by atoms with Gasteiger partial charge in [0, 0.05) is 0 Å². The fourth-order valence-corrected chi connectivity index (χ4v) is 1.74. The van der Waals surface area contributed by atoms with E-state index < -0.39 is 6.04 Å². The third-order valence-corrected chi connectivity index (χ3v) is 3.00. The van der Waals surface area contributed by atoms with Crippen LogP contribution >= 0.6 is 0 Å². The van der Waals surface area contributed by atoms with Crippen LogP contribution in [0.5, 0.6) is 5.75 Å². The molecule has 1 N–H and O–H groups in total. The van der Waals surface area contributed by atoms with E-state index >= 15 is 0 Å². The molecule has 0 bridgehead atoms. The lowest BCUT2D eigenvalue weighted by atomic mass is 10.1. The number of carbonyl (C=O) groups excluding carboxylic acids is 1. The quantitative estimate of drug-likeness (QED) is 0.810. The molecule has 0 aliphatic rings. The number of hydrogen-bond donors (Lipinski definition) is 1. The molecule has 1 unspecified atom stereocenters. The van der Waals surface area contributed by atoms with Crippen LogP contribution in [0.2, 0.25) is 0 Å². The summed E-state index contributed by atoms with van der Waals surface area (Å²) in [5, 5.41) is 2.87. The number of hydrogen-bond acceptors (Lipinski definition) is 4. The zero-order valence-corrected chi connectivity index (χ0v) is 11.7. The molecule has 0 heterocycles. The Labute approximate surface area is 108 Å². The first-order valence-electron chi connectivity index (χ1n) is 5.95. The first-order valence-corrected chi connectivity index (χ1v) is 5.95. The van der Waals surface area contributed by atoms with Gasteiger partial charge in [-0.3, -0.25) is 4.79 Å². The molecule has 1 rings (SSSR count). The lowest BCUT2D eigenvalue weighted by Gasteiger charge is -2.17. The molecule has 1 aromatic carbocycles. The molecule has 0 saturated carbocycles. The van der Waals surface area contributed by atoms with E-state index in [0.717, 1.165) is 16.9 Å². The molecular weight excluding hydrogens is 230 g/mol. The smallest absolute Gasteiger partial charge is 0.326 e. The monoisotopic (exact) mass is 251 g/mol.